The normalized spacial score (nSPS) is 15.1. The lowest BCUT2D eigenvalue weighted by molar-refractivity contribution is 0.174. The molecule has 0 aliphatic carbocycles. The van der Waals surface area contributed by atoms with Crippen molar-refractivity contribution in [2.24, 2.45) is 0 Å². The zero-order valence-corrected chi connectivity index (χ0v) is 17.2. The maximum absolute atomic E-state index is 6.28. The fourth-order valence-electron chi connectivity index (χ4n) is 3.01. The summed E-state index contributed by atoms with van der Waals surface area (Å²) in [6.07, 6.45) is 0. The van der Waals surface area contributed by atoms with Crippen LogP contribution in [0.5, 0.6) is 0 Å². The van der Waals surface area contributed by atoms with Crippen LogP contribution in [0.3, 0.4) is 0 Å². The van der Waals surface area contributed by atoms with E-state index >= 15 is 0 Å². The van der Waals surface area contributed by atoms with Crippen molar-refractivity contribution in [1.29, 1.82) is 0 Å². The van der Waals surface area contributed by atoms with Crippen molar-refractivity contribution in [1.82, 2.24) is 15.1 Å². The number of hydrogen-bond donors (Lipinski definition) is 1. The summed E-state index contributed by atoms with van der Waals surface area (Å²) in [5.74, 6) is 0. The van der Waals surface area contributed by atoms with Crippen molar-refractivity contribution in [3.63, 3.8) is 0 Å². The zero-order valence-electron chi connectivity index (χ0n) is 14.8. The standard InChI is InChI=1S/C20H23Cl2N3S/c1-15-5-7-16(8-6-15)13-23-20(26)25-11-9-24(10-12-25)14-17-18(21)3-2-4-19(17)22/h2-8H,9-14H2,1H3,(H,23,26). The van der Waals surface area contributed by atoms with Crippen LogP contribution in [0.1, 0.15) is 16.7 Å². The summed E-state index contributed by atoms with van der Waals surface area (Å²) in [6.45, 7) is 7.31. The molecule has 1 N–H and O–H groups in total. The first kappa shape index (κ1) is 19.4. The Kier molecular flexibility index (Phi) is 6.76. The molecular weight excluding hydrogens is 385 g/mol. The molecule has 6 heteroatoms. The number of benzene rings is 2. The highest BCUT2D eigenvalue weighted by molar-refractivity contribution is 7.80. The first-order valence-corrected chi connectivity index (χ1v) is 9.93. The van der Waals surface area contributed by atoms with E-state index in [-0.39, 0.29) is 0 Å². The number of hydrogen-bond acceptors (Lipinski definition) is 2. The average molecular weight is 408 g/mol. The number of nitrogens with one attached hydrogen (secondary N) is 1. The Morgan fingerprint density at radius 2 is 1.62 bits per heavy atom. The summed E-state index contributed by atoms with van der Waals surface area (Å²) in [5.41, 5.74) is 3.51. The van der Waals surface area contributed by atoms with Crippen molar-refractivity contribution >= 4 is 40.5 Å². The van der Waals surface area contributed by atoms with Gasteiger partial charge in [-0.3, -0.25) is 4.90 Å². The first-order valence-electron chi connectivity index (χ1n) is 8.76. The number of halogens is 2. The van der Waals surface area contributed by atoms with Crippen LogP contribution in [0, 0.1) is 6.92 Å². The van der Waals surface area contributed by atoms with Crippen molar-refractivity contribution in [2.45, 2.75) is 20.0 Å². The molecule has 2 aromatic rings. The molecule has 1 saturated heterocycles. The van der Waals surface area contributed by atoms with Gasteiger partial charge in [0.05, 0.1) is 0 Å². The van der Waals surface area contributed by atoms with Gasteiger partial charge in [-0.05, 0) is 36.8 Å². The zero-order chi connectivity index (χ0) is 18.5. The van der Waals surface area contributed by atoms with Gasteiger partial charge in [-0.25, -0.2) is 0 Å². The Morgan fingerprint density at radius 1 is 1.00 bits per heavy atom. The fourth-order valence-corrected chi connectivity index (χ4v) is 3.78. The molecule has 1 aliphatic heterocycles. The van der Waals surface area contributed by atoms with E-state index in [0.717, 1.165) is 60.0 Å². The Balaban J connectivity index is 1.47. The second-order valence-corrected chi connectivity index (χ2v) is 7.81. The predicted molar refractivity (Wildman–Crippen MR) is 114 cm³/mol. The van der Waals surface area contributed by atoms with Crippen molar-refractivity contribution in [3.8, 4) is 0 Å². The molecule has 0 unspecified atom stereocenters. The van der Waals surface area contributed by atoms with E-state index in [4.69, 9.17) is 35.4 Å². The summed E-state index contributed by atoms with van der Waals surface area (Å²) in [7, 11) is 0. The third kappa shape index (κ3) is 5.10. The Labute approximate surface area is 170 Å². The minimum absolute atomic E-state index is 0.732. The molecule has 1 heterocycles. The molecule has 0 amide bonds. The van der Waals surface area contributed by atoms with Crippen molar-refractivity contribution in [3.05, 3.63) is 69.2 Å². The summed E-state index contributed by atoms with van der Waals surface area (Å²) in [6, 6.07) is 14.2. The maximum Gasteiger partial charge on any atom is 0.169 e. The van der Waals surface area contributed by atoms with Gasteiger partial charge in [0.15, 0.2) is 5.11 Å². The van der Waals surface area contributed by atoms with Gasteiger partial charge < -0.3 is 10.2 Å². The van der Waals surface area contributed by atoms with E-state index in [1.165, 1.54) is 11.1 Å². The molecule has 1 fully saturated rings. The molecule has 26 heavy (non-hydrogen) atoms. The maximum atomic E-state index is 6.28. The lowest BCUT2D eigenvalue weighted by Gasteiger charge is -2.36. The van der Waals surface area contributed by atoms with Crippen LogP contribution in [-0.4, -0.2) is 41.1 Å². The van der Waals surface area contributed by atoms with Crippen LogP contribution in [0.4, 0.5) is 0 Å². The van der Waals surface area contributed by atoms with Crippen LogP contribution in [-0.2, 0) is 13.1 Å². The highest BCUT2D eigenvalue weighted by Crippen LogP contribution is 2.26. The van der Waals surface area contributed by atoms with E-state index in [0.29, 0.717) is 0 Å². The molecule has 2 aromatic carbocycles. The highest BCUT2D eigenvalue weighted by atomic mass is 35.5. The summed E-state index contributed by atoms with van der Waals surface area (Å²) in [4.78, 5) is 4.60. The van der Waals surface area contributed by atoms with Gasteiger partial charge in [-0.15, -0.1) is 0 Å². The predicted octanol–water partition coefficient (Wildman–Crippen LogP) is 4.49. The topological polar surface area (TPSA) is 18.5 Å². The Hall–Kier alpha value is -1.33. The van der Waals surface area contributed by atoms with Gasteiger partial charge in [-0.1, -0.05) is 59.1 Å². The monoisotopic (exact) mass is 407 g/mol. The van der Waals surface area contributed by atoms with Crippen LogP contribution in [0.2, 0.25) is 10.0 Å². The molecular formula is C20H23Cl2N3S. The molecule has 0 spiro atoms. The molecule has 3 nitrogen and oxygen atoms in total. The fraction of sp³-hybridized carbons (Fsp3) is 0.350. The summed E-state index contributed by atoms with van der Waals surface area (Å²) in [5, 5.41) is 5.65. The minimum atomic E-state index is 0.732. The first-order chi connectivity index (χ1) is 12.5. The van der Waals surface area contributed by atoms with E-state index in [1.807, 2.05) is 18.2 Å². The van der Waals surface area contributed by atoms with Gasteiger partial charge in [0.25, 0.3) is 0 Å². The van der Waals surface area contributed by atoms with Gasteiger partial charge in [0, 0.05) is 54.9 Å². The van der Waals surface area contributed by atoms with E-state index in [1.54, 1.807) is 0 Å². The van der Waals surface area contributed by atoms with E-state index in [2.05, 4.69) is 46.3 Å². The second-order valence-electron chi connectivity index (χ2n) is 6.61. The second kappa shape index (κ2) is 9.05. The minimum Gasteiger partial charge on any atom is -0.358 e. The molecule has 0 saturated carbocycles. The quantitative estimate of drug-likeness (QED) is 0.751. The highest BCUT2D eigenvalue weighted by Gasteiger charge is 2.20. The average Bonchev–Trinajstić information content (AvgIpc) is 2.65. The Morgan fingerprint density at radius 3 is 2.23 bits per heavy atom. The molecule has 0 bridgehead atoms. The number of piperazine rings is 1. The Bertz CT molecular complexity index is 736. The lowest BCUT2D eigenvalue weighted by Crippen LogP contribution is -2.51. The molecule has 3 rings (SSSR count). The molecule has 0 aromatic heterocycles. The number of aryl methyl sites for hydroxylation is 1. The SMILES string of the molecule is Cc1ccc(CNC(=S)N2CCN(Cc3c(Cl)cccc3Cl)CC2)cc1. The van der Waals surface area contributed by atoms with Gasteiger partial charge in [-0.2, -0.15) is 0 Å². The lowest BCUT2D eigenvalue weighted by atomic mass is 10.1. The number of thiocarbonyl (C=S) groups is 1. The van der Waals surface area contributed by atoms with Crippen LogP contribution in [0.15, 0.2) is 42.5 Å². The molecule has 0 atom stereocenters. The van der Waals surface area contributed by atoms with Crippen molar-refractivity contribution < 1.29 is 0 Å². The molecule has 0 radical (unpaired) electrons. The molecule has 1 aliphatic rings. The summed E-state index contributed by atoms with van der Waals surface area (Å²) < 4.78 is 0. The van der Waals surface area contributed by atoms with Crippen LogP contribution >= 0.6 is 35.4 Å². The van der Waals surface area contributed by atoms with Crippen molar-refractivity contribution in [2.75, 3.05) is 26.2 Å². The van der Waals surface area contributed by atoms with Gasteiger partial charge in [0.2, 0.25) is 0 Å². The third-order valence-corrected chi connectivity index (χ3v) is 5.78. The van der Waals surface area contributed by atoms with Gasteiger partial charge in [0.1, 0.15) is 0 Å². The van der Waals surface area contributed by atoms with Gasteiger partial charge >= 0.3 is 0 Å². The van der Waals surface area contributed by atoms with E-state index < -0.39 is 0 Å². The molecule has 138 valence electrons. The summed E-state index contributed by atoms with van der Waals surface area (Å²) >= 11 is 18.1. The van der Waals surface area contributed by atoms with Crippen LogP contribution < -0.4 is 5.32 Å². The number of nitrogens with zero attached hydrogens (tertiary/aromatic N) is 2. The van der Waals surface area contributed by atoms with Crippen LogP contribution in [0.25, 0.3) is 0 Å². The largest absolute Gasteiger partial charge is 0.358 e. The third-order valence-electron chi connectivity index (χ3n) is 4.67. The smallest absolute Gasteiger partial charge is 0.169 e. The van der Waals surface area contributed by atoms with E-state index in [9.17, 15) is 0 Å². The number of rotatable bonds is 4.